The lowest BCUT2D eigenvalue weighted by atomic mass is 10.1. The van der Waals surface area contributed by atoms with Gasteiger partial charge in [-0.05, 0) is 19.4 Å². The summed E-state index contributed by atoms with van der Waals surface area (Å²) in [5, 5.41) is 3.38. The Balaban J connectivity index is 2.27. The highest BCUT2D eigenvalue weighted by atomic mass is 16.7. The lowest BCUT2D eigenvalue weighted by Gasteiger charge is -1.98. The normalized spacial score (nSPS) is 23.3. The largest absolute Gasteiger partial charge is 0.343 e. The molecule has 0 amide bonds. The van der Waals surface area contributed by atoms with Gasteiger partial charge in [0.05, 0.1) is 12.1 Å². The van der Waals surface area contributed by atoms with E-state index < -0.39 is 0 Å². The molecular weight excluding hydrogens is 132 g/mol. The van der Waals surface area contributed by atoms with Crippen LogP contribution in [0.15, 0.2) is 5.16 Å². The van der Waals surface area contributed by atoms with Crippen molar-refractivity contribution in [1.82, 2.24) is 0 Å². The highest BCUT2D eigenvalue weighted by molar-refractivity contribution is 5.92. The van der Waals surface area contributed by atoms with Crippen molar-refractivity contribution in [3.63, 3.8) is 0 Å². The number of hydrogen-bond acceptors (Lipinski definition) is 4. The molecule has 0 aromatic carbocycles. The molecule has 0 fully saturated rings. The first-order chi connectivity index (χ1) is 4.84. The highest BCUT2D eigenvalue weighted by Gasteiger charge is 2.22. The van der Waals surface area contributed by atoms with E-state index in [1.165, 1.54) is 6.21 Å². The Morgan fingerprint density at radius 1 is 1.80 bits per heavy atom. The fourth-order valence-electron chi connectivity index (χ4n) is 0.815. The van der Waals surface area contributed by atoms with Crippen LogP contribution in [0.2, 0.25) is 0 Å². The van der Waals surface area contributed by atoms with Crippen molar-refractivity contribution in [2.45, 2.75) is 12.8 Å². The lowest BCUT2D eigenvalue weighted by Crippen LogP contribution is -2.12. The molecule has 0 bridgehead atoms. The van der Waals surface area contributed by atoms with Gasteiger partial charge in [0.15, 0.2) is 0 Å². The molecule has 0 spiro atoms. The second-order valence-electron chi connectivity index (χ2n) is 2.20. The molecule has 1 aliphatic heterocycles. The average Bonchev–Trinajstić information content (AvgIpc) is 2.31. The molecule has 4 nitrogen and oxygen atoms in total. The molecule has 10 heavy (non-hydrogen) atoms. The number of oxime groups is 1. The van der Waals surface area contributed by atoms with Gasteiger partial charge in [-0.25, -0.2) is 4.79 Å². The summed E-state index contributed by atoms with van der Waals surface area (Å²) in [6.45, 7) is 0.609. The molecule has 1 rings (SSSR count). The summed E-state index contributed by atoms with van der Waals surface area (Å²) in [6, 6.07) is 0. The van der Waals surface area contributed by atoms with Crippen molar-refractivity contribution >= 4 is 12.2 Å². The first-order valence-corrected chi connectivity index (χ1v) is 3.29. The average molecular weight is 142 g/mol. The minimum Gasteiger partial charge on any atom is -0.330 e. The van der Waals surface area contributed by atoms with Crippen LogP contribution >= 0.6 is 0 Å². The minimum absolute atomic E-state index is 0.149. The first-order valence-electron chi connectivity index (χ1n) is 3.29. The number of carbonyl (C=O) groups is 1. The van der Waals surface area contributed by atoms with Crippen LogP contribution in [0.25, 0.3) is 0 Å². The minimum atomic E-state index is -0.256. The van der Waals surface area contributed by atoms with Crippen LogP contribution < -0.4 is 5.73 Å². The third kappa shape index (κ3) is 1.54. The summed E-state index contributed by atoms with van der Waals surface area (Å²) in [5.74, 6) is -0.406. The van der Waals surface area contributed by atoms with Gasteiger partial charge in [-0.2, -0.15) is 0 Å². The molecule has 56 valence electrons. The van der Waals surface area contributed by atoms with Crippen LogP contribution in [0.4, 0.5) is 0 Å². The second kappa shape index (κ2) is 3.31. The van der Waals surface area contributed by atoms with Gasteiger partial charge in [0.25, 0.3) is 0 Å². The SMILES string of the molecule is NCCC[C@@H]1C=NOC1=O. The molecule has 2 N–H and O–H groups in total. The predicted octanol–water partition coefficient (Wildman–Crippen LogP) is -0.116. The van der Waals surface area contributed by atoms with E-state index >= 15 is 0 Å². The zero-order chi connectivity index (χ0) is 7.40. The van der Waals surface area contributed by atoms with Crippen molar-refractivity contribution in [2.24, 2.45) is 16.8 Å². The van der Waals surface area contributed by atoms with Crippen LogP contribution in [0.5, 0.6) is 0 Å². The van der Waals surface area contributed by atoms with Gasteiger partial charge in [-0.3, -0.25) is 0 Å². The van der Waals surface area contributed by atoms with Crippen molar-refractivity contribution in [3.05, 3.63) is 0 Å². The Bertz CT molecular complexity index is 156. The van der Waals surface area contributed by atoms with Crippen LogP contribution in [0.1, 0.15) is 12.8 Å². The molecule has 1 heterocycles. The number of nitrogens with two attached hydrogens (primary N) is 1. The Labute approximate surface area is 59.0 Å². The summed E-state index contributed by atoms with van der Waals surface area (Å²) in [7, 11) is 0. The topological polar surface area (TPSA) is 64.7 Å². The summed E-state index contributed by atoms with van der Waals surface area (Å²) in [4.78, 5) is 15.0. The Morgan fingerprint density at radius 2 is 2.60 bits per heavy atom. The van der Waals surface area contributed by atoms with E-state index in [0.717, 1.165) is 12.8 Å². The molecule has 0 unspecified atom stereocenters. The molecular formula is C6H10N2O2. The third-order valence-corrected chi connectivity index (χ3v) is 1.41. The summed E-state index contributed by atoms with van der Waals surface area (Å²) < 4.78 is 0. The van der Waals surface area contributed by atoms with Gasteiger partial charge in [-0.1, -0.05) is 5.16 Å². The zero-order valence-electron chi connectivity index (χ0n) is 5.62. The number of rotatable bonds is 3. The van der Waals surface area contributed by atoms with Crippen LogP contribution in [0, 0.1) is 5.92 Å². The van der Waals surface area contributed by atoms with Gasteiger partial charge in [0.1, 0.15) is 0 Å². The van der Waals surface area contributed by atoms with Gasteiger partial charge in [0.2, 0.25) is 0 Å². The Kier molecular flexibility index (Phi) is 2.39. The van der Waals surface area contributed by atoms with Gasteiger partial charge < -0.3 is 10.6 Å². The third-order valence-electron chi connectivity index (χ3n) is 1.41. The van der Waals surface area contributed by atoms with Gasteiger partial charge >= 0.3 is 5.97 Å². The van der Waals surface area contributed by atoms with Crippen molar-refractivity contribution in [3.8, 4) is 0 Å². The van der Waals surface area contributed by atoms with E-state index in [2.05, 4.69) is 9.99 Å². The van der Waals surface area contributed by atoms with Gasteiger partial charge in [0, 0.05) is 0 Å². The number of carbonyl (C=O) groups excluding carboxylic acids is 1. The summed E-state index contributed by atoms with van der Waals surface area (Å²) in [6.07, 6.45) is 3.11. The van der Waals surface area contributed by atoms with Gasteiger partial charge in [-0.15, -0.1) is 0 Å². The quantitative estimate of drug-likeness (QED) is 0.559. The molecule has 0 aliphatic carbocycles. The molecule has 0 aromatic heterocycles. The smallest absolute Gasteiger partial charge is 0.330 e. The van der Waals surface area contributed by atoms with Crippen molar-refractivity contribution in [2.75, 3.05) is 6.54 Å². The number of nitrogens with zero attached hydrogens (tertiary/aromatic N) is 1. The van der Waals surface area contributed by atoms with Crippen LogP contribution in [0.3, 0.4) is 0 Å². The molecule has 0 radical (unpaired) electrons. The Hall–Kier alpha value is -0.900. The zero-order valence-corrected chi connectivity index (χ0v) is 5.62. The van der Waals surface area contributed by atoms with E-state index in [4.69, 9.17) is 5.73 Å². The maximum atomic E-state index is 10.7. The molecule has 1 aliphatic rings. The van der Waals surface area contributed by atoms with E-state index in [-0.39, 0.29) is 11.9 Å². The predicted molar refractivity (Wildman–Crippen MR) is 36.4 cm³/mol. The fourth-order valence-corrected chi connectivity index (χ4v) is 0.815. The second-order valence-corrected chi connectivity index (χ2v) is 2.20. The Morgan fingerprint density at radius 3 is 3.10 bits per heavy atom. The maximum Gasteiger partial charge on any atom is 0.343 e. The number of hydrogen-bond donors (Lipinski definition) is 1. The monoisotopic (exact) mass is 142 g/mol. The van der Waals surface area contributed by atoms with E-state index in [1.54, 1.807) is 0 Å². The summed E-state index contributed by atoms with van der Waals surface area (Å²) >= 11 is 0. The fraction of sp³-hybridized carbons (Fsp3) is 0.667. The van der Waals surface area contributed by atoms with Crippen LogP contribution in [-0.4, -0.2) is 18.7 Å². The van der Waals surface area contributed by atoms with Crippen LogP contribution in [-0.2, 0) is 9.63 Å². The summed E-state index contributed by atoms with van der Waals surface area (Å²) in [5.41, 5.74) is 5.26. The van der Waals surface area contributed by atoms with E-state index in [9.17, 15) is 4.79 Å². The molecule has 0 saturated heterocycles. The lowest BCUT2D eigenvalue weighted by molar-refractivity contribution is -0.143. The van der Waals surface area contributed by atoms with E-state index in [0.29, 0.717) is 6.54 Å². The van der Waals surface area contributed by atoms with Crippen molar-refractivity contribution < 1.29 is 9.63 Å². The first kappa shape index (κ1) is 7.21. The molecule has 0 aromatic rings. The molecule has 1 atom stereocenters. The molecule has 0 saturated carbocycles. The van der Waals surface area contributed by atoms with Crippen molar-refractivity contribution in [1.29, 1.82) is 0 Å². The maximum absolute atomic E-state index is 10.7. The standard InChI is InChI=1S/C6H10N2O2/c7-3-1-2-5-4-8-10-6(5)9/h4-5H,1-3,7H2/t5-/m1/s1. The highest BCUT2D eigenvalue weighted by Crippen LogP contribution is 2.10. The van der Waals surface area contributed by atoms with E-state index in [1.807, 2.05) is 0 Å². The molecule has 4 heteroatoms.